The van der Waals surface area contributed by atoms with E-state index in [-0.39, 0.29) is 19.0 Å². The van der Waals surface area contributed by atoms with Crippen LogP contribution in [-0.4, -0.2) is 35.4 Å². The van der Waals surface area contributed by atoms with Crippen LogP contribution in [0.1, 0.15) is 17.5 Å². The van der Waals surface area contributed by atoms with E-state index >= 15 is 0 Å². The van der Waals surface area contributed by atoms with Crippen LogP contribution in [0.25, 0.3) is 11.0 Å². The number of ether oxygens (including phenoxy) is 2. The van der Waals surface area contributed by atoms with Crippen molar-refractivity contribution in [2.24, 2.45) is 0 Å². The number of aliphatic hydroxyl groups is 1. The topological polar surface area (TPSA) is 67.4 Å². The van der Waals surface area contributed by atoms with E-state index in [1.54, 1.807) is 13.2 Å². The first-order valence-corrected chi connectivity index (χ1v) is 7.23. The van der Waals surface area contributed by atoms with Gasteiger partial charge in [-0.2, -0.15) is 0 Å². The molecule has 0 bridgehead atoms. The Morgan fingerprint density at radius 2 is 2.00 bits per heavy atom. The molecule has 0 amide bonds. The Kier molecular flexibility index (Phi) is 4.55. The number of hydrogen-bond acceptors (Lipinski definition) is 4. The molecule has 1 atom stereocenters. The zero-order valence-corrected chi connectivity index (χ0v) is 12.6. The second-order valence-electron chi connectivity index (χ2n) is 5.03. The van der Waals surface area contributed by atoms with Gasteiger partial charge < -0.3 is 19.6 Å². The molecule has 1 unspecified atom stereocenters. The summed E-state index contributed by atoms with van der Waals surface area (Å²) in [5.74, 6) is 0.957. The number of aliphatic hydroxyl groups excluding tert-OH is 1. The van der Waals surface area contributed by atoms with Crippen LogP contribution in [0.3, 0.4) is 0 Å². The predicted molar refractivity (Wildman–Crippen MR) is 83.9 cm³/mol. The van der Waals surface area contributed by atoms with Gasteiger partial charge in [0.05, 0.1) is 31.4 Å². The molecule has 0 fully saturated rings. The highest BCUT2D eigenvalue weighted by Crippen LogP contribution is 2.27. The first kappa shape index (κ1) is 15.5. The molecule has 0 radical (unpaired) electrons. The number of nitrogens with zero attached hydrogens (tertiary/aromatic N) is 1. The maximum absolute atomic E-state index is 13.3. The van der Waals surface area contributed by atoms with Crippen LogP contribution in [0.15, 0.2) is 42.5 Å². The van der Waals surface area contributed by atoms with Crippen molar-refractivity contribution in [3.05, 3.63) is 59.7 Å². The molecular formula is C17H17FN2O3. The average molecular weight is 316 g/mol. The number of methoxy groups -OCH3 is 1. The van der Waals surface area contributed by atoms with E-state index in [9.17, 15) is 4.39 Å². The highest BCUT2D eigenvalue weighted by molar-refractivity contribution is 5.75. The third kappa shape index (κ3) is 3.33. The summed E-state index contributed by atoms with van der Waals surface area (Å²) in [5, 5.41) is 9.04. The Morgan fingerprint density at radius 1 is 1.22 bits per heavy atom. The Balaban J connectivity index is 1.98. The van der Waals surface area contributed by atoms with Gasteiger partial charge in [-0.25, -0.2) is 9.37 Å². The van der Waals surface area contributed by atoms with Crippen LogP contribution in [0.4, 0.5) is 4.39 Å². The van der Waals surface area contributed by atoms with Gasteiger partial charge in [0.2, 0.25) is 0 Å². The fraction of sp³-hybridized carbons (Fsp3) is 0.235. The lowest BCUT2D eigenvalue weighted by atomic mass is 10.1. The molecule has 5 nitrogen and oxygen atoms in total. The molecule has 0 spiro atoms. The van der Waals surface area contributed by atoms with Crippen LogP contribution in [-0.2, 0) is 4.74 Å². The lowest BCUT2D eigenvalue weighted by molar-refractivity contribution is 0.0462. The summed E-state index contributed by atoms with van der Waals surface area (Å²) < 4.78 is 24.2. The normalized spacial score (nSPS) is 12.5. The molecular weight excluding hydrogens is 299 g/mol. The number of H-pyrrole nitrogens is 1. The molecule has 0 aliphatic rings. The smallest absolute Gasteiger partial charge is 0.141 e. The number of aromatic amines is 1. The summed E-state index contributed by atoms with van der Waals surface area (Å²) in [4.78, 5) is 7.56. The number of rotatable bonds is 6. The number of nitrogens with one attached hydrogen (secondary N) is 1. The van der Waals surface area contributed by atoms with Crippen molar-refractivity contribution in [3.8, 4) is 5.75 Å². The molecule has 120 valence electrons. The van der Waals surface area contributed by atoms with Crippen molar-refractivity contribution >= 4 is 11.0 Å². The molecule has 1 aromatic heterocycles. The summed E-state index contributed by atoms with van der Waals surface area (Å²) >= 11 is 0. The maximum Gasteiger partial charge on any atom is 0.141 e. The van der Waals surface area contributed by atoms with Crippen LogP contribution >= 0.6 is 0 Å². The quantitative estimate of drug-likeness (QED) is 0.734. The van der Waals surface area contributed by atoms with Crippen molar-refractivity contribution in [3.63, 3.8) is 0 Å². The van der Waals surface area contributed by atoms with Crippen molar-refractivity contribution in [1.82, 2.24) is 9.97 Å². The van der Waals surface area contributed by atoms with E-state index in [1.807, 2.05) is 24.3 Å². The third-order valence-corrected chi connectivity index (χ3v) is 3.51. The van der Waals surface area contributed by atoms with Crippen molar-refractivity contribution in [2.75, 3.05) is 20.3 Å². The standard InChI is InChI=1S/C17H17FN2O3/c1-22-13-5-2-11(3-6-13)16(23-9-8-21)17-19-14-7-4-12(18)10-15(14)20-17/h2-7,10,16,21H,8-9H2,1H3,(H,19,20). The summed E-state index contributed by atoms with van der Waals surface area (Å²) in [7, 11) is 1.60. The number of benzene rings is 2. The number of hydrogen-bond donors (Lipinski definition) is 2. The molecule has 6 heteroatoms. The number of fused-ring (bicyclic) bond motifs is 1. The fourth-order valence-electron chi connectivity index (χ4n) is 2.41. The van der Waals surface area contributed by atoms with E-state index in [2.05, 4.69) is 9.97 Å². The molecule has 23 heavy (non-hydrogen) atoms. The van der Waals surface area contributed by atoms with Crippen LogP contribution in [0, 0.1) is 5.82 Å². The molecule has 2 aromatic carbocycles. The highest BCUT2D eigenvalue weighted by Gasteiger charge is 2.19. The van der Waals surface area contributed by atoms with Gasteiger partial charge >= 0.3 is 0 Å². The SMILES string of the molecule is COc1ccc(C(OCCO)c2nc3cc(F)ccc3[nH]2)cc1. The Morgan fingerprint density at radius 3 is 2.70 bits per heavy atom. The lowest BCUT2D eigenvalue weighted by Crippen LogP contribution is -2.11. The molecule has 1 heterocycles. The Labute approximate surface area is 132 Å². The van der Waals surface area contributed by atoms with Crippen LogP contribution in [0.5, 0.6) is 5.75 Å². The fourth-order valence-corrected chi connectivity index (χ4v) is 2.41. The second kappa shape index (κ2) is 6.76. The molecule has 0 aliphatic carbocycles. The zero-order valence-electron chi connectivity index (χ0n) is 12.6. The molecule has 2 N–H and O–H groups in total. The van der Waals surface area contributed by atoms with E-state index in [4.69, 9.17) is 14.6 Å². The number of halogens is 1. The van der Waals surface area contributed by atoms with Crippen LogP contribution < -0.4 is 4.74 Å². The van der Waals surface area contributed by atoms with Gasteiger partial charge in [0, 0.05) is 6.07 Å². The minimum atomic E-state index is -0.483. The van der Waals surface area contributed by atoms with E-state index in [1.165, 1.54) is 12.1 Å². The van der Waals surface area contributed by atoms with Gasteiger partial charge in [-0.05, 0) is 29.8 Å². The van der Waals surface area contributed by atoms with E-state index < -0.39 is 6.10 Å². The largest absolute Gasteiger partial charge is 0.497 e. The lowest BCUT2D eigenvalue weighted by Gasteiger charge is -2.16. The average Bonchev–Trinajstić information content (AvgIpc) is 2.98. The summed E-state index contributed by atoms with van der Waals surface area (Å²) in [6.45, 7) is 0.0730. The zero-order chi connectivity index (χ0) is 16.2. The second-order valence-corrected chi connectivity index (χ2v) is 5.03. The Bertz CT molecular complexity index is 786. The van der Waals surface area contributed by atoms with Gasteiger partial charge in [0.25, 0.3) is 0 Å². The van der Waals surface area contributed by atoms with Crippen LogP contribution in [0.2, 0.25) is 0 Å². The highest BCUT2D eigenvalue weighted by atomic mass is 19.1. The molecule has 0 aliphatic heterocycles. The molecule has 3 rings (SSSR count). The minimum Gasteiger partial charge on any atom is -0.497 e. The first-order valence-electron chi connectivity index (χ1n) is 7.23. The molecule has 0 saturated carbocycles. The van der Waals surface area contributed by atoms with Crippen molar-refractivity contribution in [1.29, 1.82) is 0 Å². The van der Waals surface area contributed by atoms with E-state index in [0.29, 0.717) is 11.3 Å². The van der Waals surface area contributed by atoms with Crippen molar-refractivity contribution < 1.29 is 19.0 Å². The van der Waals surface area contributed by atoms with Gasteiger partial charge in [0.15, 0.2) is 0 Å². The first-order chi connectivity index (χ1) is 11.2. The molecule has 0 saturated heterocycles. The van der Waals surface area contributed by atoms with Crippen molar-refractivity contribution in [2.45, 2.75) is 6.10 Å². The predicted octanol–water partition coefficient (Wildman–Crippen LogP) is 2.81. The minimum absolute atomic E-state index is 0.0957. The van der Waals surface area contributed by atoms with E-state index in [0.717, 1.165) is 16.8 Å². The maximum atomic E-state index is 13.3. The number of imidazole rings is 1. The third-order valence-electron chi connectivity index (χ3n) is 3.51. The Hall–Kier alpha value is -2.44. The summed E-state index contributed by atoms with van der Waals surface area (Å²) in [6, 6.07) is 11.8. The monoisotopic (exact) mass is 316 g/mol. The number of aromatic nitrogens is 2. The van der Waals surface area contributed by atoms with Gasteiger partial charge in [-0.1, -0.05) is 12.1 Å². The van der Waals surface area contributed by atoms with Gasteiger partial charge in [-0.15, -0.1) is 0 Å². The van der Waals surface area contributed by atoms with Gasteiger partial charge in [0.1, 0.15) is 23.5 Å². The summed E-state index contributed by atoms with van der Waals surface area (Å²) in [5.41, 5.74) is 2.12. The molecule has 3 aromatic rings. The van der Waals surface area contributed by atoms with Gasteiger partial charge in [-0.3, -0.25) is 0 Å². The summed E-state index contributed by atoms with van der Waals surface area (Å²) in [6.07, 6.45) is -0.483.